The first kappa shape index (κ1) is 21.3. The van der Waals surface area contributed by atoms with Crippen LogP contribution >= 0.6 is 24.0 Å². The third-order valence-electron chi connectivity index (χ3n) is 3.51. The van der Waals surface area contributed by atoms with Gasteiger partial charge in [0.2, 0.25) is 5.91 Å². The van der Waals surface area contributed by atoms with Crippen LogP contribution in [0, 0.1) is 0 Å². The molecule has 0 unspecified atom stereocenters. The molecule has 0 radical (unpaired) electrons. The Kier molecular flexibility index (Phi) is 10.0. The van der Waals surface area contributed by atoms with Crippen LogP contribution in [0.5, 0.6) is 5.75 Å². The van der Waals surface area contributed by atoms with Gasteiger partial charge in [-0.25, -0.2) is 0 Å². The molecular weight excluding hydrogens is 359 g/mol. The van der Waals surface area contributed by atoms with Crippen LogP contribution in [0.15, 0.2) is 48.5 Å². The molecule has 4 nitrogen and oxygen atoms in total. The Bertz CT molecular complexity index is 665. The molecule has 0 saturated heterocycles. The van der Waals surface area contributed by atoms with Gasteiger partial charge in [-0.05, 0) is 54.8 Å². The molecule has 0 aliphatic heterocycles. The van der Waals surface area contributed by atoms with E-state index in [1.54, 1.807) is 0 Å². The topological polar surface area (TPSA) is 64.3 Å². The van der Waals surface area contributed by atoms with E-state index < -0.39 is 0 Å². The number of hydrogen-bond donors (Lipinski definition) is 2. The summed E-state index contributed by atoms with van der Waals surface area (Å²) in [5, 5.41) is 3.59. The summed E-state index contributed by atoms with van der Waals surface area (Å²) >= 11 is 5.96. The molecule has 2 aromatic rings. The lowest BCUT2D eigenvalue weighted by Crippen LogP contribution is -2.26. The summed E-state index contributed by atoms with van der Waals surface area (Å²) < 4.78 is 5.78. The van der Waals surface area contributed by atoms with Crippen molar-refractivity contribution in [1.29, 1.82) is 0 Å². The van der Waals surface area contributed by atoms with Crippen LogP contribution in [0.25, 0.3) is 0 Å². The fourth-order valence-electron chi connectivity index (χ4n) is 2.28. The first-order valence-electron chi connectivity index (χ1n) is 8.10. The minimum Gasteiger partial charge on any atom is -0.489 e. The zero-order valence-corrected chi connectivity index (χ0v) is 15.6. The molecule has 6 heteroatoms. The number of unbranched alkanes of at least 4 members (excludes halogenated alkanes) is 1. The second kappa shape index (κ2) is 11.7. The monoisotopic (exact) mass is 382 g/mol. The minimum atomic E-state index is 0. The summed E-state index contributed by atoms with van der Waals surface area (Å²) in [6, 6.07) is 15.2. The average Bonchev–Trinajstić information content (AvgIpc) is 2.57. The predicted octanol–water partition coefficient (Wildman–Crippen LogP) is 3.74. The maximum absolute atomic E-state index is 11.9. The second-order valence-corrected chi connectivity index (χ2v) is 6.02. The van der Waals surface area contributed by atoms with Crippen molar-refractivity contribution in [1.82, 2.24) is 5.32 Å². The van der Waals surface area contributed by atoms with Crippen LogP contribution < -0.4 is 15.8 Å². The number of amides is 1. The normalized spacial score (nSPS) is 10.0. The fraction of sp³-hybridized carbons (Fsp3) is 0.316. The molecule has 1 amide bonds. The van der Waals surface area contributed by atoms with Gasteiger partial charge in [0.05, 0.1) is 6.42 Å². The van der Waals surface area contributed by atoms with Crippen LogP contribution in [-0.4, -0.2) is 19.0 Å². The fourth-order valence-corrected chi connectivity index (χ4v) is 2.50. The van der Waals surface area contributed by atoms with E-state index in [1.165, 1.54) is 0 Å². The summed E-state index contributed by atoms with van der Waals surface area (Å²) in [4.78, 5) is 11.9. The predicted molar refractivity (Wildman–Crippen MR) is 104 cm³/mol. The van der Waals surface area contributed by atoms with Gasteiger partial charge in [0.1, 0.15) is 12.4 Å². The number of ether oxygens (including phenoxy) is 1. The standard InChI is InChI=1S/C19H23ClN2O2.ClH/c20-17-7-3-6-16(11-17)14-24-18-8-4-5-15(12-18)13-19(23)22-10-2-1-9-21;/h3-8,11-12H,1-2,9-10,13-14,21H2,(H,22,23);1H. The number of carbonyl (C=O) groups excluding carboxylic acids is 1. The smallest absolute Gasteiger partial charge is 0.224 e. The van der Waals surface area contributed by atoms with Crippen LogP contribution in [0.2, 0.25) is 5.02 Å². The molecule has 0 spiro atoms. The van der Waals surface area contributed by atoms with Crippen molar-refractivity contribution in [2.24, 2.45) is 5.73 Å². The Morgan fingerprint density at radius 2 is 1.84 bits per heavy atom. The van der Waals surface area contributed by atoms with Crippen molar-refractivity contribution in [3.05, 3.63) is 64.7 Å². The Labute approximate surface area is 160 Å². The Morgan fingerprint density at radius 1 is 1.08 bits per heavy atom. The first-order valence-corrected chi connectivity index (χ1v) is 8.48. The molecular formula is C19H24Cl2N2O2. The molecule has 0 aliphatic rings. The van der Waals surface area contributed by atoms with Crippen LogP contribution in [0.4, 0.5) is 0 Å². The Balaban J connectivity index is 0.00000312. The third-order valence-corrected chi connectivity index (χ3v) is 3.75. The van der Waals surface area contributed by atoms with E-state index in [-0.39, 0.29) is 18.3 Å². The number of hydrogen-bond acceptors (Lipinski definition) is 3. The molecule has 136 valence electrons. The Morgan fingerprint density at radius 3 is 2.60 bits per heavy atom. The molecule has 2 aromatic carbocycles. The van der Waals surface area contributed by atoms with E-state index in [9.17, 15) is 4.79 Å². The van der Waals surface area contributed by atoms with Gasteiger partial charge in [-0.1, -0.05) is 35.9 Å². The average molecular weight is 383 g/mol. The molecule has 0 atom stereocenters. The molecule has 0 bridgehead atoms. The minimum absolute atomic E-state index is 0. The van der Waals surface area contributed by atoms with Gasteiger partial charge in [0, 0.05) is 11.6 Å². The van der Waals surface area contributed by atoms with Gasteiger partial charge in [-0.2, -0.15) is 0 Å². The highest BCUT2D eigenvalue weighted by atomic mass is 35.5. The summed E-state index contributed by atoms with van der Waals surface area (Å²) in [6.45, 7) is 1.76. The zero-order valence-electron chi connectivity index (χ0n) is 14.0. The zero-order chi connectivity index (χ0) is 17.2. The van der Waals surface area contributed by atoms with E-state index in [1.807, 2.05) is 48.5 Å². The van der Waals surface area contributed by atoms with Crippen molar-refractivity contribution in [2.45, 2.75) is 25.9 Å². The van der Waals surface area contributed by atoms with Gasteiger partial charge < -0.3 is 15.8 Å². The highest BCUT2D eigenvalue weighted by molar-refractivity contribution is 6.30. The summed E-state index contributed by atoms with van der Waals surface area (Å²) in [5.41, 5.74) is 7.36. The quantitative estimate of drug-likeness (QED) is 0.649. The van der Waals surface area contributed by atoms with Gasteiger partial charge in [0.15, 0.2) is 0 Å². The lowest BCUT2D eigenvalue weighted by molar-refractivity contribution is -0.120. The number of benzene rings is 2. The number of halogens is 2. The van der Waals surface area contributed by atoms with Crippen molar-refractivity contribution < 1.29 is 9.53 Å². The highest BCUT2D eigenvalue weighted by Crippen LogP contribution is 2.17. The van der Waals surface area contributed by atoms with Gasteiger partial charge in [0.25, 0.3) is 0 Å². The SMILES string of the molecule is Cl.NCCCCNC(=O)Cc1cccc(OCc2cccc(Cl)c2)c1. The molecule has 25 heavy (non-hydrogen) atoms. The van der Waals surface area contributed by atoms with Crippen molar-refractivity contribution in [2.75, 3.05) is 13.1 Å². The second-order valence-electron chi connectivity index (χ2n) is 5.59. The summed E-state index contributed by atoms with van der Waals surface area (Å²) in [5.74, 6) is 0.752. The van der Waals surface area contributed by atoms with Gasteiger partial charge >= 0.3 is 0 Å². The molecule has 3 N–H and O–H groups in total. The van der Waals surface area contributed by atoms with Gasteiger partial charge in [-0.15, -0.1) is 12.4 Å². The number of nitrogens with one attached hydrogen (secondary N) is 1. The molecule has 0 fully saturated rings. The van der Waals surface area contributed by atoms with E-state index in [0.29, 0.717) is 31.1 Å². The number of nitrogens with two attached hydrogens (primary N) is 1. The lowest BCUT2D eigenvalue weighted by atomic mass is 10.1. The van der Waals surface area contributed by atoms with E-state index in [0.717, 1.165) is 29.7 Å². The molecule has 0 saturated carbocycles. The van der Waals surface area contributed by atoms with Crippen LogP contribution in [-0.2, 0) is 17.8 Å². The van der Waals surface area contributed by atoms with Crippen molar-refractivity contribution in [3.63, 3.8) is 0 Å². The molecule has 0 heterocycles. The lowest BCUT2D eigenvalue weighted by Gasteiger charge is -2.09. The summed E-state index contributed by atoms with van der Waals surface area (Å²) in [7, 11) is 0. The van der Waals surface area contributed by atoms with Crippen molar-refractivity contribution >= 4 is 29.9 Å². The number of carbonyl (C=O) groups is 1. The third kappa shape index (κ3) is 8.25. The van der Waals surface area contributed by atoms with Crippen molar-refractivity contribution in [3.8, 4) is 5.75 Å². The molecule has 0 aromatic heterocycles. The number of rotatable bonds is 9. The highest BCUT2D eigenvalue weighted by Gasteiger charge is 2.04. The Hall–Kier alpha value is -1.75. The van der Waals surface area contributed by atoms with E-state index in [4.69, 9.17) is 22.1 Å². The molecule has 0 aliphatic carbocycles. The van der Waals surface area contributed by atoms with E-state index >= 15 is 0 Å². The summed E-state index contributed by atoms with van der Waals surface area (Å²) in [6.07, 6.45) is 2.18. The van der Waals surface area contributed by atoms with Crippen LogP contribution in [0.1, 0.15) is 24.0 Å². The van der Waals surface area contributed by atoms with Gasteiger partial charge in [-0.3, -0.25) is 4.79 Å². The first-order chi connectivity index (χ1) is 11.7. The molecule has 2 rings (SSSR count). The van der Waals surface area contributed by atoms with E-state index in [2.05, 4.69) is 5.32 Å². The van der Waals surface area contributed by atoms with Crippen LogP contribution in [0.3, 0.4) is 0 Å². The largest absolute Gasteiger partial charge is 0.489 e. The maximum atomic E-state index is 11.9. The maximum Gasteiger partial charge on any atom is 0.224 e.